The summed E-state index contributed by atoms with van der Waals surface area (Å²) in [5, 5.41) is 3.94. The molecule has 2 aromatic rings. The molecule has 0 saturated heterocycles. The van der Waals surface area contributed by atoms with Crippen molar-refractivity contribution in [2.24, 2.45) is 0 Å². The summed E-state index contributed by atoms with van der Waals surface area (Å²) in [5.74, 6) is -0.0353. The van der Waals surface area contributed by atoms with E-state index in [4.69, 9.17) is 4.74 Å². The lowest BCUT2D eigenvalue weighted by Gasteiger charge is -2.04. The lowest BCUT2D eigenvalue weighted by atomic mass is 10.1. The van der Waals surface area contributed by atoms with Gasteiger partial charge in [-0.3, -0.25) is 4.79 Å². The predicted molar refractivity (Wildman–Crippen MR) is 71.9 cm³/mol. The van der Waals surface area contributed by atoms with E-state index in [9.17, 15) is 4.79 Å². The molecular formula is C14H18N2O2. The summed E-state index contributed by atoms with van der Waals surface area (Å²) in [7, 11) is 1.66. The zero-order chi connectivity index (χ0) is 13.0. The number of carbonyl (C=O) groups is 1. The van der Waals surface area contributed by atoms with Crippen LogP contribution in [0.15, 0.2) is 24.3 Å². The Balaban J connectivity index is 2.03. The number of aromatic amines is 1. The fraction of sp³-hybridized carbons (Fsp3) is 0.357. The molecule has 0 radical (unpaired) electrons. The summed E-state index contributed by atoms with van der Waals surface area (Å²) >= 11 is 0. The highest BCUT2D eigenvalue weighted by Gasteiger charge is 2.06. The van der Waals surface area contributed by atoms with Crippen molar-refractivity contribution in [3.05, 3.63) is 35.5 Å². The zero-order valence-corrected chi connectivity index (χ0v) is 10.7. The standard InChI is InChI=1S/C14H18N2O2/c1-10-8-12-9-11(4-5-13(12)16-10)14(17)15-6-3-7-18-2/h4-5,8-9,16H,3,6-7H2,1-2H3,(H,15,17). The van der Waals surface area contributed by atoms with Crippen molar-refractivity contribution < 1.29 is 9.53 Å². The molecule has 4 heteroatoms. The maximum Gasteiger partial charge on any atom is 0.251 e. The quantitative estimate of drug-likeness (QED) is 0.795. The van der Waals surface area contributed by atoms with Crippen LogP contribution in [-0.4, -0.2) is 31.2 Å². The number of rotatable bonds is 5. The maximum absolute atomic E-state index is 11.9. The number of amides is 1. The first kappa shape index (κ1) is 12.6. The van der Waals surface area contributed by atoms with E-state index in [1.807, 2.05) is 31.2 Å². The Hall–Kier alpha value is -1.81. The van der Waals surface area contributed by atoms with E-state index in [0.29, 0.717) is 18.7 Å². The molecule has 0 atom stereocenters. The number of fused-ring (bicyclic) bond motifs is 1. The van der Waals surface area contributed by atoms with E-state index in [1.165, 1.54) is 0 Å². The monoisotopic (exact) mass is 246 g/mol. The number of carbonyl (C=O) groups excluding carboxylic acids is 1. The molecule has 18 heavy (non-hydrogen) atoms. The molecule has 2 rings (SSSR count). The first-order valence-corrected chi connectivity index (χ1v) is 6.07. The summed E-state index contributed by atoms with van der Waals surface area (Å²) in [6.45, 7) is 3.30. The summed E-state index contributed by atoms with van der Waals surface area (Å²) in [5.41, 5.74) is 2.85. The van der Waals surface area contributed by atoms with Gasteiger partial charge in [0, 0.05) is 42.4 Å². The van der Waals surface area contributed by atoms with Gasteiger partial charge in [0.25, 0.3) is 5.91 Å². The van der Waals surface area contributed by atoms with Gasteiger partial charge in [0.1, 0.15) is 0 Å². The van der Waals surface area contributed by atoms with Gasteiger partial charge in [-0.05, 0) is 37.6 Å². The minimum atomic E-state index is -0.0353. The number of aromatic nitrogens is 1. The van der Waals surface area contributed by atoms with Gasteiger partial charge in [-0.15, -0.1) is 0 Å². The topological polar surface area (TPSA) is 54.1 Å². The van der Waals surface area contributed by atoms with E-state index < -0.39 is 0 Å². The molecular weight excluding hydrogens is 228 g/mol. The van der Waals surface area contributed by atoms with Crippen LogP contribution in [0.3, 0.4) is 0 Å². The Bertz CT molecular complexity index is 546. The van der Waals surface area contributed by atoms with Gasteiger partial charge < -0.3 is 15.0 Å². The molecule has 2 N–H and O–H groups in total. The van der Waals surface area contributed by atoms with Gasteiger partial charge in [0.15, 0.2) is 0 Å². The van der Waals surface area contributed by atoms with Crippen molar-refractivity contribution in [3.8, 4) is 0 Å². The number of aryl methyl sites for hydroxylation is 1. The molecule has 1 amide bonds. The lowest BCUT2D eigenvalue weighted by Crippen LogP contribution is -2.25. The first-order valence-electron chi connectivity index (χ1n) is 6.07. The molecule has 0 unspecified atom stereocenters. The van der Waals surface area contributed by atoms with Crippen LogP contribution in [0.4, 0.5) is 0 Å². The molecule has 0 aliphatic carbocycles. The maximum atomic E-state index is 11.9. The third kappa shape index (κ3) is 2.90. The van der Waals surface area contributed by atoms with E-state index >= 15 is 0 Å². The molecule has 0 aliphatic heterocycles. The number of benzene rings is 1. The molecule has 0 saturated carbocycles. The fourth-order valence-corrected chi connectivity index (χ4v) is 1.94. The first-order chi connectivity index (χ1) is 8.70. The van der Waals surface area contributed by atoms with E-state index in [-0.39, 0.29) is 5.91 Å². The minimum absolute atomic E-state index is 0.0353. The number of hydrogen-bond acceptors (Lipinski definition) is 2. The molecule has 4 nitrogen and oxygen atoms in total. The largest absolute Gasteiger partial charge is 0.385 e. The van der Waals surface area contributed by atoms with E-state index in [0.717, 1.165) is 23.0 Å². The summed E-state index contributed by atoms with van der Waals surface area (Å²) in [6, 6.07) is 7.72. The second kappa shape index (κ2) is 5.69. The summed E-state index contributed by atoms with van der Waals surface area (Å²) < 4.78 is 4.93. The number of nitrogens with one attached hydrogen (secondary N) is 2. The Kier molecular flexibility index (Phi) is 3.99. The summed E-state index contributed by atoms with van der Waals surface area (Å²) in [4.78, 5) is 15.1. The smallest absolute Gasteiger partial charge is 0.251 e. The second-order valence-electron chi connectivity index (χ2n) is 4.36. The number of ether oxygens (including phenoxy) is 1. The third-order valence-corrected chi connectivity index (χ3v) is 2.83. The van der Waals surface area contributed by atoms with E-state index in [2.05, 4.69) is 10.3 Å². The average molecular weight is 246 g/mol. The molecule has 1 aromatic heterocycles. The van der Waals surface area contributed by atoms with E-state index in [1.54, 1.807) is 7.11 Å². The number of hydrogen-bond donors (Lipinski definition) is 2. The van der Waals surface area contributed by atoms with Gasteiger partial charge in [-0.2, -0.15) is 0 Å². The van der Waals surface area contributed by atoms with Crippen LogP contribution in [0.5, 0.6) is 0 Å². The molecule has 0 fully saturated rings. The van der Waals surface area contributed by atoms with Crippen molar-refractivity contribution in [2.45, 2.75) is 13.3 Å². The predicted octanol–water partition coefficient (Wildman–Crippen LogP) is 2.24. The van der Waals surface area contributed by atoms with Gasteiger partial charge in [-0.25, -0.2) is 0 Å². The van der Waals surface area contributed by atoms with Crippen LogP contribution < -0.4 is 5.32 Å². The van der Waals surface area contributed by atoms with Gasteiger partial charge in [-0.1, -0.05) is 0 Å². The molecule has 1 aromatic carbocycles. The SMILES string of the molecule is COCCCNC(=O)c1ccc2[nH]c(C)cc2c1. The van der Waals surface area contributed by atoms with Crippen LogP contribution in [0, 0.1) is 6.92 Å². The number of methoxy groups -OCH3 is 1. The highest BCUT2D eigenvalue weighted by molar-refractivity contribution is 5.98. The van der Waals surface area contributed by atoms with Gasteiger partial charge >= 0.3 is 0 Å². The molecule has 0 spiro atoms. The second-order valence-corrected chi connectivity index (χ2v) is 4.36. The highest BCUT2D eigenvalue weighted by Crippen LogP contribution is 2.16. The van der Waals surface area contributed by atoms with Crippen LogP contribution in [0.1, 0.15) is 22.5 Å². The van der Waals surface area contributed by atoms with Gasteiger partial charge in [0.05, 0.1) is 0 Å². The summed E-state index contributed by atoms with van der Waals surface area (Å²) in [6.07, 6.45) is 0.827. The Morgan fingerprint density at radius 2 is 2.22 bits per heavy atom. The molecule has 1 heterocycles. The molecule has 0 aliphatic rings. The average Bonchev–Trinajstić information content (AvgIpc) is 2.73. The van der Waals surface area contributed by atoms with Crippen LogP contribution in [0.2, 0.25) is 0 Å². The van der Waals surface area contributed by atoms with Crippen LogP contribution in [0.25, 0.3) is 10.9 Å². The Morgan fingerprint density at radius 3 is 3.00 bits per heavy atom. The highest BCUT2D eigenvalue weighted by atomic mass is 16.5. The lowest BCUT2D eigenvalue weighted by molar-refractivity contribution is 0.0949. The molecule has 0 bridgehead atoms. The third-order valence-electron chi connectivity index (χ3n) is 2.83. The van der Waals surface area contributed by atoms with Crippen molar-refractivity contribution in [1.29, 1.82) is 0 Å². The fourth-order valence-electron chi connectivity index (χ4n) is 1.94. The number of H-pyrrole nitrogens is 1. The van der Waals surface area contributed by atoms with Crippen molar-refractivity contribution in [2.75, 3.05) is 20.3 Å². The van der Waals surface area contributed by atoms with Gasteiger partial charge in [0.2, 0.25) is 0 Å². The Morgan fingerprint density at radius 1 is 1.39 bits per heavy atom. The Labute approximate surface area is 106 Å². The molecule has 96 valence electrons. The van der Waals surface area contributed by atoms with Crippen LogP contribution in [-0.2, 0) is 4.74 Å². The zero-order valence-electron chi connectivity index (χ0n) is 10.7. The van der Waals surface area contributed by atoms with Crippen molar-refractivity contribution in [3.63, 3.8) is 0 Å². The van der Waals surface area contributed by atoms with Crippen LogP contribution >= 0.6 is 0 Å². The minimum Gasteiger partial charge on any atom is -0.385 e. The normalized spacial score (nSPS) is 10.8. The van der Waals surface area contributed by atoms with Crippen molar-refractivity contribution in [1.82, 2.24) is 10.3 Å². The van der Waals surface area contributed by atoms with Crippen molar-refractivity contribution >= 4 is 16.8 Å².